The molecule has 1 aromatic rings. The van der Waals surface area contributed by atoms with E-state index in [1.165, 1.54) is 25.0 Å². The third kappa shape index (κ3) is 3.34. The molecule has 1 fully saturated rings. The SMILES string of the molecule is CCNCC(C)(Cc1c(F)ccc(Br)c1F)C1CC1. The Labute approximate surface area is 121 Å². The van der Waals surface area contributed by atoms with E-state index in [2.05, 4.69) is 28.2 Å². The smallest absolute Gasteiger partial charge is 0.143 e. The van der Waals surface area contributed by atoms with Crippen molar-refractivity contribution in [1.82, 2.24) is 5.32 Å². The van der Waals surface area contributed by atoms with Gasteiger partial charge in [0.1, 0.15) is 11.6 Å². The van der Waals surface area contributed by atoms with E-state index in [1.54, 1.807) is 0 Å². The largest absolute Gasteiger partial charge is 0.316 e. The summed E-state index contributed by atoms with van der Waals surface area (Å²) in [7, 11) is 0. The van der Waals surface area contributed by atoms with Crippen molar-refractivity contribution in [3.05, 3.63) is 33.8 Å². The van der Waals surface area contributed by atoms with Gasteiger partial charge in [-0.25, -0.2) is 8.78 Å². The first kappa shape index (κ1) is 14.9. The highest BCUT2D eigenvalue weighted by Gasteiger charge is 2.42. The summed E-state index contributed by atoms with van der Waals surface area (Å²) in [5.74, 6) is -0.322. The summed E-state index contributed by atoms with van der Waals surface area (Å²) in [4.78, 5) is 0. The van der Waals surface area contributed by atoms with Crippen LogP contribution in [0.2, 0.25) is 0 Å². The van der Waals surface area contributed by atoms with Crippen molar-refractivity contribution < 1.29 is 8.78 Å². The van der Waals surface area contributed by atoms with Gasteiger partial charge in [0.05, 0.1) is 4.47 Å². The van der Waals surface area contributed by atoms with Gasteiger partial charge in [0.2, 0.25) is 0 Å². The minimum absolute atomic E-state index is 0.0709. The Bertz CT molecular complexity index is 460. The lowest BCUT2D eigenvalue weighted by Gasteiger charge is -2.30. The first-order chi connectivity index (χ1) is 8.98. The lowest BCUT2D eigenvalue weighted by molar-refractivity contribution is 0.251. The highest BCUT2D eigenvalue weighted by atomic mass is 79.9. The molecule has 0 radical (unpaired) electrons. The molecule has 0 spiro atoms. The second kappa shape index (κ2) is 5.88. The molecule has 1 saturated carbocycles. The van der Waals surface area contributed by atoms with Crippen molar-refractivity contribution in [1.29, 1.82) is 0 Å². The molecule has 0 aliphatic heterocycles. The minimum Gasteiger partial charge on any atom is -0.316 e. The zero-order valence-electron chi connectivity index (χ0n) is 11.4. The highest BCUT2D eigenvalue weighted by molar-refractivity contribution is 9.10. The van der Waals surface area contributed by atoms with Gasteiger partial charge in [0.25, 0.3) is 0 Å². The number of halogens is 3. The first-order valence-electron chi connectivity index (χ1n) is 6.81. The maximum Gasteiger partial charge on any atom is 0.143 e. The van der Waals surface area contributed by atoms with E-state index in [9.17, 15) is 8.78 Å². The Morgan fingerprint density at radius 2 is 2.05 bits per heavy atom. The molecule has 0 amide bonds. The lowest BCUT2D eigenvalue weighted by Crippen LogP contribution is -2.36. The molecule has 19 heavy (non-hydrogen) atoms. The quantitative estimate of drug-likeness (QED) is 0.766. The molecule has 1 unspecified atom stereocenters. The van der Waals surface area contributed by atoms with Crippen LogP contribution in [0.5, 0.6) is 0 Å². The molecule has 0 heterocycles. The average Bonchev–Trinajstić information content (AvgIpc) is 3.21. The van der Waals surface area contributed by atoms with E-state index < -0.39 is 11.6 Å². The molecule has 106 valence electrons. The van der Waals surface area contributed by atoms with Crippen LogP contribution < -0.4 is 5.32 Å². The van der Waals surface area contributed by atoms with E-state index in [0.717, 1.165) is 13.1 Å². The number of hydrogen-bond donors (Lipinski definition) is 1. The fourth-order valence-corrected chi connectivity index (χ4v) is 3.05. The van der Waals surface area contributed by atoms with Crippen LogP contribution in [-0.2, 0) is 6.42 Å². The molecule has 4 heteroatoms. The van der Waals surface area contributed by atoms with Crippen LogP contribution in [0.4, 0.5) is 8.78 Å². The maximum atomic E-state index is 14.1. The van der Waals surface area contributed by atoms with E-state index >= 15 is 0 Å². The third-order valence-electron chi connectivity index (χ3n) is 4.06. The zero-order valence-corrected chi connectivity index (χ0v) is 13.0. The van der Waals surface area contributed by atoms with E-state index in [1.807, 2.05) is 6.92 Å². The van der Waals surface area contributed by atoms with Gasteiger partial charge in [-0.1, -0.05) is 13.8 Å². The van der Waals surface area contributed by atoms with Gasteiger partial charge in [-0.15, -0.1) is 0 Å². The van der Waals surface area contributed by atoms with Crippen molar-refractivity contribution in [2.45, 2.75) is 33.1 Å². The van der Waals surface area contributed by atoms with Gasteiger partial charge in [-0.05, 0) is 65.2 Å². The summed E-state index contributed by atoms with van der Waals surface area (Å²) in [6, 6.07) is 2.76. The Morgan fingerprint density at radius 1 is 1.37 bits per heavy atom. The van der Waals surface area contributed by atoms with Gasteiger partial charge in [-0.2, -0.15) is 0 Å². The molecule has 1 atom stereocenters. The van der Waals surface area contributed by atoms with Crippen molar-refractivity contribution in [3.8, 4) is 0 Å². The molecule has 1 N–H and O–H groups in total. The highest BCUT2D eigenvalue weighted by Crippen LogP contribution is 2.47. The summed E-state index contributed by atoms with van der Waals surface area (Å²) < 4.78 is 28.3. The predicted octanol–water partition coefficient (Wildman–Crippen LogP) is 4.30. The summed E-state index contributed by atoms with van der Waals surface area (Å²) >= 11 is 3.14. The second-order valence-corrected chi connectivity index (χ2v) is 6.56. The Morgan fingerprint density at radius 3 is 2.63 bits per heavy atom. The lowest BCUT2D eigenvalue weighted by atomic mass is 9.78. The van der Waals surface area contributed by atoms with E-state index in [0.29, 0.717) is 16.8 Å². The fourth-order valence-electron chi connectivity index (χ4n) is 2.68. The second-order valence-electron chi connectivity index (χ2n) is 5.71. The summed E-state index contributed by atoms with van der Waals surface area (Å²) in [6.45, 7) is 5.87. The van der Waals surface area contributed by atoms with Gasteiger partial charge >= 0.3 is 0 Å². The van der Waals surface area contributed by atoms with Gasteiger partial charge < -0.3 is 5.32 Å². The molecule has 1 aromatic carbocycles. The van der Waals surface area contributed by atoms with Gasteiger partial charge in [0, 0.05) is 12.1 Å². The standard InChI is InChI=1S/C15H20BrF2N/c1-3-19-9-15(2,10-4-5-10)8-11-13(17)7-6-12(16)14(11)18/h6-7,10,19H,3-5,8-9H2,1-2H3. The Kier molecular flexibility index (Phi) is 4.62. The van der Waals surface area contributed by atoms with Crippen molar-refractivity contribution >= 4 is 15.9 Å². The fraction of sp³-hybridized carbons (Fsp3) is 0.600. The maximum absolute atomic E-state index is 14.1. The molecule has 1 nitrogen and oxygen atoms in total. The molecular formula is C15H20BrF2N. The number of hydrogen-bond acceptors (Lipinski definition) is 1. The van der Waals surface area contributed by atoms with Crippen LogP contribution >= 0.6 is 15.9 Å². The van der Waals surface area contributed by atoms with Crippen molar-refractivity contribution in [2.24, 2.45) is 11.3 Å². The zero-order chi connectivity index (χ0) is 14.0. The van der Waals surface area contributed by atoms with Crippen molar-refractivity contribution in [2.75, 3.05) is 13.1 Å². The first-order valence-corrected chi connectivity index (χ1v) is 7.60. The number of rotatable bonds is 6. The Hall–Kier alpha value is -0.480. The normalized spacial score (nSPS) is 18.4. The molecule has 1 aliphatic rings. The summed E-state index contributed by atoms with van der Waals surface area (Å²) in [5, 5.41) is 3.33. The van der Waals surface area contributed by atoms with Gasteiger partial charge in [0.15, 0.2) is 0 Å². The Balaban J connectivity index is 2.24. The average molecular weight is 332 g/mol. The van der Waals surface area contributed by atoms with Crippen LogP contribution in [0.15, 0.2) is 16.6 Å². The van der Waals surface area contributed by atoms with E-state index in [4.69, 9.17) is 0 Å². The molecular weight excluding hydrogens is 312 g/mol. The van der Waals surface area contributed by atoms with Gasteiger partial charge in [-0.3, -0.25) is 0 Å². The third-order valence-corrected chi connectivity index (χ3v) is 4.67. The topological polar surface area (TPSA) is 12.0 Å². The van der Waals surface area contributed by atoms with E-state index in [-0.39, 0.29) is 11.0 Å². The minimum atomic E-state index is -0.455. The van der Waals surface area contributed by atoms with Crippen molar-refractivity contribution in [3.63, 3.8) is 0 Å². The summed E-state index contributed by atoms with van der Waals surface area (Å²) in [6.07, 6.45) is 2.78. The van der Waals surface area contributed by atoms with Crippen LogP contribution in [-0.4, -0.2) is 13.1 Å². The molecule has 0 bridgehead atoms. The number of nitrogens with one attached hydrogen (secondary N) is 1. The molecule has 0 aromatic heterocycles. The van der Waals surface area contributed by atoms with Crippen LogP contribution in [0.3, 0.4) is 0 Å². The predicted molar refractivity (Wildman–Crippen MR) is 77.1 cm³/mol. The molecule has 0 saturated heterocycles. The molecule has 2 rings (SSSR count). The van der Waals surface area contributed by atoms with Crippen LogP contribution in [0.25, 0.3) is 0 Å². The molecule has 1 aliphatic carbocycles. The monoisotopic (exact) mass is 331 g/mol. The number of benzene rings is 1. The van der Waals surface area contributed by atoms with Crippen LogP contribution in [0, 0.1) is 23.0 Å². The van der Waals surface area contributed by atoms with Crippen LogP contribution in [0.1, 0.15) is 32.3 Å². The summed E-state index contributed by atoms with van der Waals surface area (Å²) in [5.41, 5.74) is 0.139.